The molecule has 1 saturated heterocycles. The fourth-order valence-electron chi connectivity index (χ4n) is 3.44. The van der Waals surface area contributed by atoms with E-state index < -0.39 is 4.92 Å². The molecule has 3 aromatic rings. The number of nitrogens with zero attached hydrogens (tertiary/aromatic N) is 4. The molecule has 2 aromatic carbocycles. The van der Waals surface area contributed by atoms with Crippen LogP contribution >= 0.6 is 0 Å². The zero-order valence-corrected chi connectivity index (χ0v) is 14.4. The van der Waals surface area contributed by atoms with E-state index in [1.165, 1.54) is 18.2 Å². The van der Waals surface area contributed by atoms with Gasteiger partial charge in [-0.3, -0.25) is 15.0 Å². The second-order valence-corrected chi connectivity index (χ2v) is 6.49. The van der Waals surface area contributed by atoms with Gasteiger partial charge >= 0.3 is 0 Å². The molecule has 0 amide bonds. The van der Waals surface area contributed by atoms with Crippen molar-refractivity contribution in [2.24, 2.45) is 0 Å². The Bertz CT molecular complexity index is 958. The second-order valence-electron chi connectivity index (χ2n) is 6.49. The fourth-order valence-corrected chi connectivity index (χ4v) is 3.44. The van der Waals surface area contributed by atoms with Crippen molar-refractivity contribution in [1.82, 2.24) is 15.1 Å². The van der Waals surface area contributed by atoms with Gasteiger partial charge in [-0.1, -0.05) is 12.1 Å². The quantitative estimate of drug-likeness (QED) is 0.497. The Morgan fingerprint density at radius 2 is 2.04 bits per heavy atom. The van der Waals surface area contributed by atoms with Crippen LogP contribution in [0.1, 0.15) is 30.3 Å². The number of hydrogen-bond acceptors (Lipinski definition) is 6. The highest BCUT2D eigenvalue weighted by Crippen LogP contribution is 2.33. The van der Waals surface area contributed by atoms with Crippen molar-refractivity contribution < 1.29 is 13.7 Å². The lowest BCUT2D eigenvalue weighted by Gasteiger charge is -2.23. The van der Waals surface area contributed by atoms with Crippen LogP contribution in [0.3, 0.4) is 0 Å². The first-order valence-electron chi connectivity index (χ1n) is 8.67. The molecule has 1 fully saturated rings. The largest absolute Gasteiger partial charge is 0.419 e. The summed E-state index contributed by atoms with van der Waals surface area (Å²) in [5.74, 6) is 0.547. The second kappa shape index (κ2) is 7.24. The third-order valence-electron chi connectivity index (χ3n) is 4.73. The van der Waals surface area contributed by atoms with Crippen LogP contribution in [0.15, 0.2) is 52.9 Å². The van der Waals surface area contributed by atoms with Crippen molar-refractivity contribution in [3.8, 4) is 11.5 Å². The van der Waals surface area contributed by atoms with Crippen molar-refractivity contribution in [2.75, 3.05) is 6.54 Å². The number of nitro benzene ring substituents is 1. The van der Waals surface area contributed by atoms with E-state index in [2.05, 4.69) is 15.1 Å². The van der Waals surface area contributed by atoms with E-state index in [0.717, 1.165) is 24.9 Å². The molecule has 0 saturated carbocycles. The first-order chi connectivity index (χ1) is 13.1. The number of benzene rings is 2. The van der Waals surface area contributed by atoms with Crippen LogP contribution in [0, 0.1) is 15.9 Å². The van der Waals surface area contributed by atoms with E-state index >= 15 is 0 Å². The predicted molar refractivity (Wildman–Crippen MR) is 95.2 cm³/mol. The van der Waals surface area contributed by atoms with Crippen molar-refractivity contribution >= 4 is 5.69 Å². The van der Waals surface area contributed by atoms with Crippen LogP contribution in [0.2, 0.25) is 0 Å². The van der Waals surface area contributed by atoms with Crippen molar-refractivity contribution in [3.63, 3.8) is 0 Å². The average Bonchev–Trinajstić information content (AvgIpc) is 3.32. The van der Waals surface area contributed by atoms with Gasteiger partial charge in [0.25, 0.3) is 5.69 Å². The molecule has 138 valence electrons. The minimum absolute atomic E-state index is 0.00786. The summed E-state index contributed by atoms with van der Waals surface area (Å²) < 4.78 is 19.3. The average molecular weight is 368 g/mol. The number of nitro groups is 1. The van der Waals surface area contributed by atoms with Gasteiger partial charge in [-0.15, -0.1) is 10.2 Å². The summed E-state index contributed by atoms with van der Waals surface area (Å²) in [6.45, 7) is 1.34. The molecule has 1 unspecified atom stereocenters. The molecule has 7 nitrogen and oxygen atoms in total. The van der Waals surface area contributed by atoms with Crippen LogP contribution in [0.4, 0.5) is 10.1 Å². The SMILES string of the molecule is O=[N+]([O-])c1ccc(-c2nnc(CN3CCCC3c3cccc(F)c3)o2)cc1. The maximum atomic E-state index is 13.5. The summed E-state index contributed by atoms with van der Waals surface area (Å²) in [5, 5.41) is 18.9. The Labute approximate surface area is 154 Å². The number of halogens is 1. The summed E-state index contributed by atoms with van der Waals surface area (Å²) in [5.41, 5.74) is 1.58. The van der Waals surface area contributed by atoms with Gasteiger partial charge in [-0.05, 0) is 49.2 Å². The Morgan fingerprint density at radius 1 is 1.22 bits per heavy atom. The van der Waals surface area contributed by atoms with E-state index in [9.17, 15) is 14.5 Å². The Morgan fingerprint density at radius 3 is 2.78 bits per heavy atom. The van der Waals surface area contributed by atoms with Gasteiger partial charge in [0.15, 0.2) is 0 Å². The number of aromatic nitrogens is 2. The van der Waals surface area contributed by atoms with Gasteiger partial charge in [0.05, 0.1) is 11.5 Å². The number of hydrogen-bond donors (Lipinski definition) is 0. The third kappa shape index (κ3) is 3.70. The zero-order chi connectivity index (χ0) is 18.8. The molecule has 1 aliphatic rings. The van der Waals surface area contributed by atoms with Crippen molar-refractivity contribution in [2.45, 2.75) is 25.4 Å². The summed E-state index contributed by atoms with van der Waals surface area (Å²) in [7, 11) is 0. The predicted octanol–water partition coefficient (Wildman–Crippen LogP) is 4.12. The highest BCUT2D eigenvalue weighted by atomic mass is 19.1. The van der Waals surface area contributed by atoms with E-state index in [1.54, 1.807) is 24.3 Å². The van der Waals surface area contributed by atoms with Gasteiger partial charge in [0, 0.05) is 23.7 Å². The summed E-state index contributed by atoms with van der Waals surface area (Å²) in [4.78, 5) is 12.5. The molecule has 0 aliphatic carbocycles. The monoisotopic (exact) mass is 368 g/mol. The van der Waals surface area contributed by atoms with E-state index in [-0.39, 0.29) is 17.5 Å². The molecule has 4 rings (SSSR count). The lowest BCUT2D eigenvalue weighted by molar-refractivity contribution is -0.384. The zero-order valence-electron chi connectivity index (χ0n) is 14.4. The van der Waals surface area contributed by atoms with Crippen LogP contribution < -0.4 is 0 Å². The van der Waals surface area contributed by atoms with Crippen molar-refractivity contribution in [3.05, 3.63) is 75.9 Å². The van der Waals surface area contributed by atoms with Gasteiger partial charge in [0.1, 0.15) is 5.82 Å². The molecular formula is C19H17FN4O3. The van der Waals surface area contributed by atoms with Crippen LogP contribution in [0.25, 0.3) is 11.5 Å². The molecule has 2 heterocycles. The molecule has 0 radical (unpaired) electrons. The van der Waals surface area contributed by atoms with Crippen LogP contribution in [-0.4, -0.2) is 26.6 Å². The topological polar surface area (TPSA) is 85.3 Å². The molecule has 0 spiro atoms. The minimum atomic E-state index is -0.455. The first kappa shape index (κ1) is 17.3. The molecular weight excluding hydrogens is 351 g/mol. The van der Waals surface area contributed by atoms with E-state index in [4.69, 9.17) is 4.42 Å². The summed E-state index contributed by atoms with van der Waals surface area (Å²) in [6, 6.07) is 12.8. The first-order valence-corrected chi connectivity index (χ1v) is 8.67. The fraction of sp³-hybridized carbons (Fsp3) is 0.263. The third-order valence-corrected chi connectivity index (χ3v) is 4.73. The van der Waals surface area contributed by atoms with Crippen LogP contribution in [0.5, 0.6) is 0 Å². The maximum Gasteiger partial charge on any atom is 0.269 e. The van der Waals surface area contributed by atoms with Crippen molar-refractivity contribution in [1.29, 1.82) is 0 Å². The normalized spacial score (nSPS) is 17.3. The molecule has 1 aliphatic heterocycles. The van der Waals surface area contributed by atoms with Gasteiger partial charge in [-0.2, -0.15) is 0 Å². The maximum absolute atomic E-state index is 13.5. The highest BCUT2D eigenvalue weighted by molar-refractivity contribution is 5.55. The number of rotatable bonds is 5. The number of non-ortho nitro benzene ring substituents is 1. The number of likely N-dealkylation sites (tertiary alicyclic amines) is 1. The molecule has 8 heteroatoms. The van der Waals surface area contributed by atoms with Gasteiger partial charge in [-0.25, -0.2) is 4.39 Å². The molecule has 0 bridgehead atoms. The van der Waals surface area contributed by atoms with Gasteiger partial charge < -0.3 is 4.42 Å². The molecule has 1 atom stereocenters. The summed E-state index contributed by atoms with van der Waals surface area (Å²) >= 11 is 0. The highest BCUT2D eigenvalue weighted by Gasteiger charge is 2.27. The standard InChI is InChI=1S/C19H17FN4O3/c20-15-4-1-3-14(11-15)17-5-2-10-23(17)12-18-21-22-19(27-18)13-6-8-16(9-7-13)24(25)26/h1,3-4,6-9,11,17H,2,5,10,12H2. The summed E-state index contributed by atoms with van der Waals surface area (Å²) in [6.07, 6.45) is 1.97. The molecule has 27 heavy (non-hydrogen) atoms. The molecule has 1 aromatic heterocycles. The molecule has 0 N–H and O–H groups in total. The Balaban J connectivity index is 1.49. The van der Waals surface area contributed by atoms with E-state index in [0.29, 0.717) is 23.9 Å². The Hall–Kier alpha value is -3.13. The lowest BCUT2D eigenvalue weighted by Crippen LogP contribution is -2.23. The lowest BCUT2D eigenvalue weighted by atomic mass is 10.0. The smallest absolute Gasteiger partial charge is 0.269 e. The van der Waals surface area contributed by atoms with Gasteiger partial charge in [0.2, 0.25) is 11.8 Å². The van der Waals surface area contributed by atoms with Crippen LogP contribution in [-0.2, 0) is 6.54 Å². The Kier molecular flexibility index (Phi) is 4.64. The minimum Gasteiger partial charge on any atom is -0.419 e. The van der Waals surface area contributed by atoms with E-state index in [1.807, 2.05) is 6.07 Å².